The van der Waals surface area contributed by atoms with E-state index in [9.17, 15) is 9.59 Å². The van der Waals surface area contributed by atoms with Crippen LogP contribution in [-0.4, -0.2) is 24.0 Å². The van der Waals surface area contributed by atoms with E-state index in [1.54, 1.807) is 30.3 Å². The summed E-state index contributed by atoms with van der Waals surface area (Å²) >= 11 is 0. The Morgan fingerprint density at radius 2 is 1.42 bits per heavy atom. The van der Waals surface area contributed by atoms with E-state index in [-0.39, 0.29) is 18.1 Å². The fraction of sp³-hybridized carbons (Fsp3) is 0.0741. The van der Waals surface area contributed by atoms with Crippen molar-refractivity contribution in [3.05, 3.63) is 108 Å². The third kappa shape index (κ3) is 4.32. The SMILES string of the molecule is O=C(COc1ccc(OCc2ccccc2)cc1)N/N=C1/C(=O)c2cccc3cccc1c23. The van der Waals surface area contributed by atoms with E-state index in [0.29, 0.717) is 23.7 Å². The standard InChI is InChI=1S/C27H20N2O4/c30-24(17-33-21-14-12-20(13-15-21)32-16-18-6-2-1-3-7-18)28-29-26-22-10-4-8-19-9-5-11-23(25(19)22)27(26)31/h1-15H,16-17H2,(H,28,30)/b29-26+. The van der Waals surface area contributed by atoms with Crippen LogP contribution in [0.1, 0.15) is 21.5 Å². The van der Waals surface area contributed by atoms with Crippen molar-refractivity contribution in [1.82, 2.24) is 5.43 Å². The maximum absolute atomic E-state index is 12.7. The Hall–Kier alpha value is -4.45. The Morgan fingerprint density at radius 1 is 0.758 bits per heavy atom. The van der Waals surface area contributed by atoms with Crippen LogP contribution in [0.15, 0.2) is 96.1 Å². The molecule has 0 atom stereocenters. The summed E-state index contributed by atoms with van der Waals surface area (Å²) in [6.07, 6.45) is 0. The number of hydrogen-bond acceptors (Lipinski definition) is 5. The number of hydrazone groups is 1. The second-order valence-electron chi connectivity index (χ2n) is 7.57. The number of ketones is 1. The van der Waals surface area contributed by atoms with Crippen molar-refractivity contribution >= 4 is 28.2 Å². The zero-order chi connectivity index (χ0) is 22.6. The predicted molar refractivity (Wildman–Crippen MR) is 126 cm³/mol. The molecule has 0 spiro atoms. The molecule has 0 fully saturated rings. The molecule has 4 aromatic rings. The van der Waals surface area contributed by atoms with Gasteiger partial charge in [-0.2, -0.15) is 5.10 Å². The molecule has 1 amide bonds. The molecule has 6 nitrogen and oxygen atoms in total. The molecule has 0 radical (unpaired) electrons. The number of rotatable bonds is 7. The Kier molecular flexibility index (Phi) is 5.55. The molecule has 33 heavy (non-hydrogen) atoms. The van der Waals surface area contributed by atoms with Gasteiger partial charge in [0, 0.05) is 16.5 Å². The highest BCUT2D eigenvalue weighted by Gasteiger charge is 2.28. The maximum Gasteiger partial charge on any atom is 0.277 e. The molecular weight excluding hydrogens is 416 g/mol. The van der Waals surface area contributed by atoms with Gasteiger partial charge in [-0.3, -0.25) is 9.59 Å². The minimum absolute atomic E-state index is 0.200. The van der Waals surface area contributed by atoms with Crippen LogP contribution in [-0.2, 0) is 11.4 Å². The monoisotopic (exact) mass is 436 g/mol. The predicted octanol–water partition coefficient (Wildman–Crippen LogP) is 4.51. The highest BCUT2D eigenvalue weighted by atomic mass is 16.5. The molecular formula is C27H20N2O4. The summed E-state index contributed by atoms with van der Waals surface area (Å²) in [6.45, 7) is 0.242. The molecule has 0 aromatic heterocycles. The number of carbonyl (C=O) groups is 2. The number of carbonyl (C=O) groups excluding carboxylic acids is 2. The van der Waals surface area contributed by atoms with Gasteiger partial charge in [-0.05, 0) is 35.2 Å². The van der Waals surface area contributed by atoms with Gasteiger partial charge in [0.1, 0.15) is 23.8 Å². The molecule has 0 aliphatic heterocycles. The molecule has 1 aliphatic carbocycles. The van der Waals surface area contributed by atoms with E-state index in [0.717, 1.165) is 21.9 Å². The second kappa shape index (κ2) is 8.96. The van der Waals surface area contributed by atoms with Crippen LogP contribution < -0.4 is 14.9 Å². The quantitative estimate of drug-likeness (QED) is 0.433. The zero-order valence-corrected chi connectivity index (χ0v) is 17.7. The average Bonchev–Trinajstić information content (AvgIpc) is 3.14. The second-order valence-corrected chi connectivity index (χ2v) is 7.57. The highest BCUT2D eigenvalue weighted by molar-refractivity contribution is 6.59. The smallest absolute Gasteiger partial charge is 0.277 e. The van der Waals surface area contributed by atoms with E-state index < -0.39 is 5.91 Å². The summed E-state index contributed by atoms with van der Waals surface area (Å²) in [5.74, 6) is 0.575. The van der Waals surface area contributed by atoms with Gasteiger partial charge in [0.2, 0.25) is 5.78 Å². The van der Waals surface area contributed by atoms with Crippen LogP contribution in [0, 0.1) is 0 Å². The maximum atomic E-state index is 12.7. The molecule has 4 aromatic carbocycles. The zero-order valence-electron chi connectivity index (χ0n) is 17.7. The normalized spacial score (nSPS) is 13.3. The van der Waals surface area contributed by atoms with Gasteiger partial charge in [0.25, 0.3) is 5.91 Å². The van der Waals surface area contributed by atoms with Crippen molar-refractivity contribution in [1.29, 1.82) is 0 Å². The summed E-state index contributed by atoms with van der Waals surface area (Å²) in [6, 6.07) is 28.1. The van der Waals surface area contributed by atoms with E-state index in [1.807, 2.05) is 60.7 Å². The lowest BCUT2D eigenvalue weighted by Crippen LogP contribution is -2.27. The summed E-state index contributed by atoms with van der Waals surface area (Å²) in [5.41, 5.74) is 5.06. The molecule has 6 heteroatoms. The summed E-state index contributed by atoms with van der Waals surface area (Å²) in [7, 11) is 0. The first kappa shape index (κ1) is 20.5. The topological polar surface area (TPSA) is 77.0 Å². The molecule has 0 bridgehead atoms. The first-order chi connectivity index (χ1) is 16.2. The fourth-order valence-corrected chi connectivity index (χ4v) is 3.76. The number of ether oxygens (including phenoxy) is 2. The first-order valence-corrected chi connectivity index (χ1v) is 10.5. The van der Waals surface area contributed by atoms with E-state index in [4.69, 9.17) is 9.47 Å². The van der Waals surface area contributed by atoms with Crippen molar-refractivity contribution in [3.8, 4) is 11.5 Å². The summed E-state index contributed by atoms with van der Waals surface area (Å²) in [5, 5.41) is 5.92. The van der Waals surface area contributed by atoms with Crippen molar-refractivity contribution in [2.75, 3.05) is 6.61 Å². The van der Waals surface area contributed by atoms with Gasteiger partial charge >= 0.3 is 0 Å². The number of nitrogens with zero attached hydrogens (tertiary/aromatic N) is 1. The number of nitrogens with one attached hydrogen (secondary N) is 1. The van der Waals surface area contributed by atoms with Crippen molar-refractivity contribution < 1.29 is 19.1 Å². The third-order valence-electron chi connectivity index (χ3n) is 5.35. The Labute approximate surface area is 190 Å². The van der Waals surface area contributed by atoms with Crippen LogP contribution in [0.25, 0.3) is 10.8 Å². The summed E-state index contributed by atoms with van der Waals surface area (Å²) in [4.78, 5) is 25.0. The van der Waals surface area contributed by atoms with Crippen LogP contribution in [0.5, 0.6) is 11.5 Å². The molecule has 0 heterocycles. The molecule has 0 unspecified atom stereocenters. The Balaban J connectivity index is 1.17. The Bertz CT molecular complexity index is 1360. The minimum atomic E-state index is -0.456. The number of hydrogen-bond donors (Lipinski definition) is 1. The first-order valence-electron chi connectivity index (χ1n) is 10.5. The van der Waals surface area contributed by atoms with E-state index in [2.05, 4.69) is 10.5 Å². The van der Waals surface area contributed by atoms with Gasteiger partial charge in [-0.15, -0.1) is 0 Å². The van der Waals surface area contributed by atoms with Gasteiger partial charge in [-0.1, -0.05) is 66.7 Å². The van der Waals surface area contributed by atoms with Gasteiger partial charge in [0.05, 0.1) is 0 Å². The van der Waals surface area contributed by atoms with E-state index in [1.165, 1.54) is 0 Å². The van der Waals surface area contributed by atoms with Crippen molar-refractivity contribution in [2.24, 2.45) is 5.10 Å². The lowest BCUT2D eigenvalue weighted by atomic mass is 10.1. The largest absolute Gasteiger partial charge is 0.489 e. The molecule has 1 N–H and O–H groups in total. The fourth-order valence-electron chi connectivity index (χ4n) is 3.76. The molecule has 5 rings (SSSR count). The van der Waals surface area contributed by atoms with Gasteiger partial charge in [-0.25, -0.2) is 5.43 Å². The molecule has 162 valence electrons. The molecule has 1 aliphatic rings. The molecule has 0 saturated carbocycles. The lowest BCUT2D eigenvalue weighted by molar-refractivity contribution is -0.123. The van der Waals surface area contributed by atoms with Crippen LogP contribution in [0.4, 0.5) is 0 Å². The van der Waals surface area contributed by atoms with Gasteiger partial charge in [0.15, 0.2) is 6.61 Å². The van der Waals surface area contributed by atoms with E-state index >= 15 is 0 Å². The van der Waals surface area contributed by atoms with Crippen LogP contribution in [0.2, 0.25) is 0 Å². The van der Waals surface area contributed by atoms with Gasteiger partial charge < -0.3 is 9.47 Å². The Morgan fingerprint density at radius 3 is 2.15 bits per heavy atom. The van der Waals surface area contributed by atoms with Crippen LogP contribution in [0.3, 0.4) is 0 Å². The number of benzene rings is 4. The average molecular weight is 436 g/mol. The lowest BCUT2D eigenvalue weighted by Gasteiger charge is -2.08. The molecule has 0 saturated heterocycles. The van der Waals surface area contributed by atoms with Crippen molar-refractivity contribution in [3.63, 3.8) is 0 Å². The van der Waals surface area contributed by atoms with Crippen LogP contribution >= 0.6 is 0 Å². The number of Topliss-reactive ketones (excluding diaryl/α,β-unsaturated/α-hetero) is 1. The third-order valence-corrected chi connectivity index (χ3v) is 5.35. The minimum Gasteiger partial charge on any atom is -0.489 e. The summed E-state index contributed by atoms with van der Waals surface area (Å²) < 4.78 is 11.3. The number of amides is 1. The highest BCUT2D eigenvalue weighted by Crippen LogP contribution is 2.30. The van der Waals surface area contributed by atoms with Crippen molar-refractivity contribution in [2.45, 2.75) is 6.61 Å².